The molecule has 1 fully saturated rings. The molecule has 1 aliphatic rings. The number of nitrogens with one attached hydrogen (secondary N) is 2. The van der Waals surface area contributed by atoms with Gasteiger partial charge >= 0.3 is 0 Å². The third kappa shape index (κ3) is 5.12. The summed E-state index contributed by atoms with van der Waals surface area (Å²) in [6.45, 7) is 3.76. The number of pyridine rings is 1. The molecule has 0 radical (unpaired) electrons. The fourth-order valence-electron chi connectivity index (χ4n) is 4.07. The first-order valence-electron chi connectivity index (χ1n) is 11.8. The van der Waals surface area contributed by atoms with Gasteiger partial charge in [-0.1, -0.05) is 19.4 Å². The molecule has 0 amide bonds. The molecule has 1 saturated heterocycles. The Morgan fingerprint density at radius 3 is 2.71 bits per heavy atom. The highest BCUT2D eigenvalue weighted by atomic mass is 16.5. The van der Waals surface area contributed by atoms with Crippen molar-refractivity contribution in [1.29, 1.82) is 0 Å². The lowest BCUT2D eigenvalue weighted by atomic mass is 10.1. The molecule has 4 aromatic rings. The zero-order chi connectivity index (χ0) is 24.2. The summed E-state index contributed by atoms with van der Waals surface area (Å²) in [7, 11) is 3.50. The number of hydrogen-bond acceptors (Lipinski definition) is 8. The SMILES string of the molecule is CCCc1cnc(Nc2ccn(CC3CCO3)n2)cc1Nc1cccc(-c2ncn(C)n2)c1OC. The summed E-state index contributed by atoms with van der Waals surface area (Å²) in [6, 6.07) is 9.86. The van der Waals surface area contributed by atoms with Crippen molar-refractivity contribution in [3.8, 4) is 17.1 Å². The number of rotatable bonds is 10. The van der Waals surface area contributed by atoms with E-state index in [1.54, 1.807) is 18.1 Å². The number of aromatic nitrogens is 6. The summed E-state index contributed by atoms with van der Waals surface area (Å²) < 4.78 is 14.9. The van der Waals surface area contributed by atoms with Crippen LogP contribution in [0, 0.1) is 0 Å². The van der Waals surface area contributed by atoms with E-state index in [2.05, 4.69) is 37.7 Å². The van der Waals surface area contributed by atoms with Gasteiger partial charge in [0, 0.05) is 43.9 Å². The van der Waals surface area contributed by atoms with Gasteiger partial charge in [0.1, 0.15) is 12.1 Å². The third-order valence-electron chi connectivity index (χ3n) is 5.92. The number of aryl methyl sites for hydroxylation is 2. The molecular formula is C25H30N8O2. The highest BCUT2D eigenvalue weighted by Gasteiger charge is 2.19. The first kappa shape index (κ1) is 22.9. The molecule has 3 aromatic heterocycles. The van der Waals surface area contributed by atoms with Crippen LogP contribution in [0.25, 0.3) is 11.4 Å². The molecule has 1 unspecified atom stereocenters. The van der Waals surface area contributed by atoms with Crippen LogP contribution in [-0.4, -0.2) is 49.3 Å². The fraction of sp³-hybridized carbons (Fsp3) is 0.360. The van der Waals surface area contributed by atoms with Gasteiger partial charge in [-0.25, -0.2) is 9.97 Å². The topological polar surface area (TPSA) is 104 Å². The van der Waals surface area contributed by atoms with Crippen molar-refractivity contribution in [3.63, 3.8) is 0 Å². The molecule has 35 heavy (non-hydrogen) atoms. The number of nitrogens with zero attached hydrogens (tertiary/aromatic N) is 6. The lowest BCUT2D eigenvalue weighted by Crippen LogP contribution is -2.31. The Bertz CT molecular complexity index is 1290. The van der Waals surface area contributed by atoms with Crippen molar-refractivity contribution in [2.24, 2.45) is 7.05 Å². The molecule has 5 rings (SSSR count). The number of ether oxygens (including phenoxy) is 2. The lowest BCUT2D eigenvalue weighted by molar-refractivity contribution is -0.0608. The van der Waals surface area contributed by atoms with Crippen molar-refractivity contribution in [2.45, 2.75) is 38.8 Å². The quantitative estimate of drug-likeness (QED) is 0.350. The molecule has 1 atom stereocenters. The largest absolute Gasteiger partial charge is 0.494 e. The van der Waals surface area contributed by atoms with Crippen LogP contribution in [0.2, 0.25) is 0 Å². The van der Waals surface area contributed by atoms with E-state index in [9.17, 15) is 0 Å². The van der Waals surface area contributed by atoms with E-state index in [4.69, 9.17) is 9.47 Å². The Labute approximate surface area is 204 Å². The molecule has 10 nitrogen and oxygen atoms in total. The number of methoxy groups -OCH3 is 1. The average molecular weight is 475 g/mol. The van der Waals surface area contributed by atoms with Gasteiger partial charge in [0.25, 0.3) is 0 Å². The van der Waals surface area contributed by atoms with Crippen LogP contribution in [0.4, 0.5) is 23.0 Å². The van der Waals surface area contributed by atoms with Gasteiger partial charge in [0.2, 0.25) is 0 Å². The highest BCUT2D eigenvalue weighted by molar-refractivity contribution is 5.79. The van der Waals surface area contributed by atoms with E-state index >= 15 is 0 Å². The van der Waals surface area contributed by atoms with Gasteiger partial charge in [-0.15, -0.1) is 0 Å². The van der Waals surface area contributed by atoms with Crippen LogP contribution in [0.15, 0.2) is 49.1 Å². The zero-order valence-corrected chi connectivity index (χ0v) is 20.2. The summed E-state index contributed by atoms with van der Waals surface area (Å²) >= 11 is 0. The van der Waals surface area contributed by atoms with Crippen LogP contribution in [0.5, 0.6) is 5.75 Å². The lowest BCUT2D eigenvalue weighted by Gasteiger charge is -2.25. The number of benzene rings is 1. The van der Waals surface area contributed by atoms with E-state index in [0.29, 0.717) is 17.4 Å². The van der Waals surface area contributed by atoms with Crippen LogP contribution >= 0.6 is 0 Å². The summed E-state index contributed by atoms with van der Waals surface area (Å²) in [4.78, 5) is 9.01. The second-order valence-electron chi connectivity index (χ2n) is 8.56. The Hall–Kier alpha value is -3.92. The summed E-state index contributed by atoms with van der Waals surface area (Å²) in [5.41, 5.74) is 3.73. The molecular weight excluding hydrogens is 444 g/mol. The van der Waals surface area contributed by atoms with Gasteiger partial charge in [0.15, 0.2) is 17.4 Å². The highest BCUT2D eigenvalue weighted by Crippen LogP contribution is 2.37. The van der Waals surface area contributed by atoms with Crippen molar-refractivity contribution in [3.05, 3.63) is 54.6 Å². The monoisotopic (exact) mass is 474 g/mol. The van der Waals surface area contributed by atoms with Crippen LogP contribution in [0.3, 0.4) is 0 Å². The van der Waals surface area contributed by atoms with E-state index in [1.165, 1.54) is 0 Å². The van der Waals surface area contributed by atoms with E-state index < -0.39 is 0 Å². The fourth-order valence-corrected chi connectivity index (χ4v) is 4.07. The maximum absolute atomic E-state index is 5.78. The standard InChI is InChI=1S/C25H30N8O2/c1-4-6-17-14-26-23(29-22-9-11-33(30-22)15-18-10-12-35-18)13-21(17)28-20-8-5-7-19(24(20)34-3)25-27-16-32(2)31-25/h5,7-9,11,13-14,16,18H,4,6,10,12,15H2,1-3H3,(H2,26,28,29,30). The Balaban J connectivity index is 1.40. The predicted octanol–water partition coefficient (Wildman–Crippen LogP) is 4.31. The second-order valence-corrected chi connectivity index (χ2v) is 8.56. The summed E-state index contributed by atoms with van der Waals surface area (Å²) in [6.07, 6.45) is 8.79. The normalized spacial score (nSPS) is 15.0. The smallest absolute Gasteiger partial charge is 0.184 e. The molecule has 0 spiro atoms. The van der Waals surface area contributed by atoms with Gasteiger partial charge < -0.3 is 20.1 Å². The van der Waals surface area contributed by atoms with Crippen LogP contribution in [0.1, 0.15) is 25.3 Å². The molecule has 0 saturated carbocycles. The molecule has 10 heteroatoms. The molecule has 182 valence electrons. The number of anilines is 4. The molecule has 1 aromatic carbocycles. The van der Waals surface area contributed by atoms with Gasteiger partial charge in [-0.2, -0.15) is 10.2 Å². The maximum atomic E-state index is 5.78. The first-order valence-corrected chi connectivity index (χ1v) is 11.8. The Morgan fingerprint density at radius 1 is 1.11 bits per heavy atom. The van der Waals surface area contributed by atoms with E-state index in [-0.39, 0.29) is 6.10 Å². The second kappa shape index (κ2) is 10.1. The Kier molecular flexibility index (Phi) is 6.62. The maximum Gasteiger partial charge on any atom is 0.184 e. The van der Waals surface area contributed by atoms with E-state index in [0.717, 1.165) is 60.7 Å². The number of para-hydroxylation sites is 1. The average Bonchev–Trinajstić information content (AvgIpc) is 3.46. The van der Waals surface area contributed by atoms with E-state index in [1.807, 2.05) is 54.5 Å². The van der Waals surface area contributed by atoms with Gasteiger partial charge in [0.05, 0.1) is 31.0 Å². The van der Waals surface area contributed by atoms with Crippen LogP contribution < -0.4 is 15.4 Å². The number of hydrogen-bond donors (Lipinski definition) is 2. The molecule has 0 aliphatic carbocycles. The van der Waals surface area contributed by atoms with Crippen molar-refractivity contribution >= 4 is 23.0 Å². The minimum Gasteiger partial charge on any atom is -0.494 e. The minimum absolute atomic E-state index is 0.261. The minimum atomic E-state index is 0.261. The van der Waals surface area contributed by atoms with Crippen molar-refractivity contribution < 1.29 is 9.47 Å². The summed E-state index contributed by atoms with van der Waals surface area (Å²) in [5, 5.41) is 15.9. The van der Waals surface area contributed by atoms with Crippen molar-refractivity contribution in [2.75, 3.05) is 24.4 Å². The predicted molar refractivity (Wildman–Crippen MR) is 134 cm³/mol. The first-order chi connectivity index (χ1) is 17.1. The molecule has 1 aliphatic heterocycles. The third-order valence-corrected chi connectivity index (χ3v) is 5.92. The zero-order valence-electron chi connectivity index (χ0n) is 20.2. The Morgan fingerprint density at radius 2 is 2.00 bits per heavy atom. The van der Waals surface area contributed by atoms with Gasteiger partial charge in [-0.3, -0.25) is 9.36 Å². The molecule has 0 bridgehead atoms. The molecule has 4 heterocycles. The summed E-state index contributed by atoms with van der Waals surface area (Å²) in [5.74, 6) is 2.75. The molecule has 2 N–H and O–H groups in total. The van der Waals surface area contributed by atoms with Crippen molar-refractivity contribution in [1.82, 2.24) is 29.5 Å². The van der Waals surface area contributed by atoms with Crippen LogP contribution in [-0.2, 0) is 24.8 Å². The van der Waals surface area contributed by atoms with Gasteiger partial charge in [-0.05, 0) is 30.5 Å².